The van der Waals surface area contributed by atoms with Crippen LogP contribution in [0.15, 0.2) is 23.1 Å². The van der Waals surface area contributed by atoms with E-state index in [9.17, 15) is 13.2 Å². The number of aryl methyl sites for hydroxylation is 1. The van der Waals surface area contributed by atoms with E-state index in [0.717, 1.165) is 25.9 Å². The zero-order valence-corrected chi connectivity index (χ0v) is 12.3. The molecule has 0 saturated carbocycles. The standard InChI is InChI=1S/C14H19NO4S/c1-11-4-5-12(14(16)17)10-13(11)20(18,19)9-8-15-6-2-3-7-15/h4-5,10H,2-3,6-9H2,1H3,(H,16,17). The Hall–Kier alpha value is -1.40. The fourth-order valence-corrected chi connectivity index (χ4v) is 4.02. The summed E-state index contributed by atoms with van der Waals surface area (Å²) in [5, 5.41) is 8.97. The Morgan fingerprint density at radius 3 is 2.55 bits per heavy atom. The predicted octanol–water partition coefficient (Wildman–Crippen LogP) is 1.56. The first-order valence-corrected chi connectivity index (χ1v) is 8.34. The predicted molar refractivity (Wildman–Crippen MR) is 75.9 cm³/mol. The molecule has 1 aliphatic rings. The van der Waals surface area contributed by atoms with Crippen molar-refractivity contribution in [3.63, 3.8) is 0 Å². The molecule has 0 bridgehead atoms. The fourth-order valence-electron chi connectivity index (χ4n) is 2.43. The Kier molecular flexibility index (Phi) is 4.45. The van der Waals surface area contributed by atoms with Gasteiger partial charge < -0.3 is 10.0 Å². The van der Waals surface area contributed by atoms with E-state index in [1.165, 1.54) is 12.1 Å². The number of hydrogen-bond acceptors (Lipinski definition) is 4. The maximum absolute atomic E-state index is 12.4. The van der Waals surface area contributed by atoms with Gasteiger partial charge in [-0.05, 0) is 50.6 Å². The molecule has 2 rings (SSSR count). The molecule has 110 valence electrons. The molecule has 1 aliphatic heterocycles. The molecule has 0 amide bonds. The van der Waals surface area contributed by atoms with Crippen molar-refractivity contribution in [1.29, 1.82) is 0 Å². The average molecular weight is 297 g/mol. The molecule has 0 spiro atoms. The van der Waals surface area contributed by atoms with Gasteiger partial charge in [0.15, 0.2) is 9.84 Å². The molecule has 1 N–H and O–H groups in total. The van der Waals surface area contributed by atoms with Gasteiger partial charge in [0.25, 0.3) is 0 Å². The lowest BCUT2D eigenvalue weighted by Gasteiger charge is -2.15. The molecule has 1 heterocycles. The molecule has 1 aromatic carbocycles. The summed E-state index contributed by atoms with van der Waals surface area (Å²) in [5.74, 6) is -1.07. The van der Waals surface area contributed by atoms with Crippen LogP contribution in [0.4, 0.5) is 0 Å². The number of carboxylic acid groups (broad SMARTS) is 1. The minimum Gasteiger partial charge on any atom is -0.478 e. The van der Waals surface area contributed by atoms with Crippen LogP contribution in [0.25, 0.3) is 0 Å². The quantitative estimate of drug-likeness (QED) is 0.892. The lowest BCUT2D eigenvalue weighted by Crippen LogP contribution is -2.26. The van der Waals surface area contributed by atoms with Crippen molar-refractivity contribution in [2.75, 3.05) is 25.4 Å². The number of aromatic carboxylic acids is 1. The molecule has 1 saturated heterocycles. The van der Waals surface area contributed by atoms with E-state index in [1.54, 1.807) is 13.0 Å². The lowest BCUT2D eigenvalue weighted by atomic mass is 10.1. The molecule has 5 nitrogen and oxygen atoms in total. The lowest BCUT2D eigenvalue weighted by molar-refractivity contribution is 0.0696. The van der Waals surface area contributed by atoms with Gasteiger partial charge in [-0.1, -0.05) is 6.07 Å². The summed E-state index contributed by atoms with van der Waals surface area (Å²) in [5.41, 5.74) is 0.603. The van der Waals surface area contributed by atoms with Crippen LogP contribution < -0.4 is 0 Å². The van der Waals surface area contributed by atoms with Crippen molar-refractivity contribution < 1.29 is 18.3 Å². The third-order valence-electron chi connectivity index (χ3n) is 3.65. The van der Waals surface area contributed by atoms with Crippen LogP contribution in [-0.4, -0.2) is 49.8 Å². The number of carboxylic acids is 1. The van der Waals surface area contributed by atoms with Gasteiger partial charge in [0, 0.05) is 6.54 Å². The van der Waals surface area contributed by atoms with Crippen LogP contribution in [0.3, 0.4) is 0 Å². The van der Waals surface area contributed by atoms with Crippen LogP contribution >= 0.6 is 0 Å². The van der Waals surface area contributed by atoms with Crippen molar-refractivity contribution in [3.05, 3.63) is 29.3 Å². The Morgan fingerprint density at radius 2 is 1.95 bits per heavy atom. The average Bonchev–Trinajstić information content (AvgIpc) is 2.89. The Labute approximate surface area is 119 Å². The van der Waals surface area contributed by atoms with Gasteiger partial charge in [0.2, 0.25) is 0 Å². The van der Waals surface area contributed by atoms with E-state index in [4.69, 9.17) is 5.11 Å². The van der Waals surface area contributed by atoms with Crippen molar-refractivity contribution in [1.82, 2.24) is 4.90 Å². The highest BCUT2D eigenvalue weighted by Gasteiger charge is 2.21. The summed E-state index contributed by atoms with van der Waals surface area (Å²) in [6.07, 6.45) is 2.24. The summed E-state index contributed by atoms with van der Waals surface area (Å²) < 4.78 is 24.7. The van der Waals surface area contributed by atoms with Gasteiger partial charge in [-0.3, -0.25) is 0 Å². The number of hydrogen-bond donors (Lipinski definition) is 1. The number of sulfone groups is 1. The molecule has 0 atom stereocenters. The molecule has 20 heavy (non-hydrogen) atoms. The molecule has 1 aromatic rings. The Bertz CT molecular complexity index is 604. The topological polar surface area (TPSA) is 74.7 Å². The SMILES string of the molecule is Cc1ccc(C(=O)O)cc1S(=O)(=O)CCN1CCCC1. The van der Waals surface area contributed by atoms with Gasteiger partial charge in [-0.25, -0.2) is 13.2 Å². The fraction of sp³-hybridized carbons (Fsp3) is 0.500. The zero-order valence-electron chi connectivity index (χ0n) is 11.5. The molecule has 0 aromatic heterocycles. The first-order valence-electron chi connectivity index (χ1n) is 6.69. The van der Waals surface area contributed by atoms with Crippen LogP contribution in [0.1, 0.15) is 28.8 Å². The van der Waals surface area contributed by atoms with Gasteiger partial charge in [-0.15, -0.1) is 0 Å². The molecule has 1 fully saturated rings. The Morgan fingerprint density at radius 1 is 1.30 bits per heavy atom. The molecule has 0 unspecified atom stereocenters. The third-order valence-corrected chi connectivity index (χ3v) is 5.48. The smallest absolute Gasteiger partial charge is 0.335 e. The molecular formula is C14H19NO4S. The minimum absolute atomic E-state index is 0.00958. The highest BCUT2D eigenvalue weighted by molar-refractivity contribution is 7.91. The maximum atomic E-state index is 12.4. The van der Waals surface area contributed by atoms with Crippen molar-refractivity contribution in [3.8, 4) is 0 Å². The van der Waals surface area contributed by atoms with E-state index < -0.39 is 15.8 Å². The summed E-state index contributed by atoms with van der Waals surface area (Å²) in [7, 11) is -3.44. The highest BCUT2D eigenvalue weighted by atomic mass is 32.2. The summed E-state index contributed by atoms with van der Waals surface area (Å²) >= 11 is 0. The number of benzene rings is 1. The van der Waals surface area contributed by atoms with Crippen LogP contribution in [-0.2, 0) is 9.84 Å². The zero-order chi connectivity index (χ0) is 14.8. The summed E-state index contributed by atoms with van der Waals surface area (Å²) in [6, 6.07) is 4.24. The summed E-state index contributed by atoms with van der Waals surface area (Å²) in [4.78, 5) is 13.2. The van der Waals surface area contributed by atoms with Crippen molar-refractivity contribution >= 4 is 15.8 Å². The highest BCUT2D eigenvalue weighted by Crippen LogP contribution is 2.19. The van der Waals surface area contributed by atoms with Crippen LogP contribution in [0.5, 0.6) is 0 Å². The van der Waals surface area contributed by atoms with Gasteiger partial charge >= 0.3 is 5.97 Å². The first-order chi connectivity index (χ1) is 9.40. The molecular weight excluding hydrogens is 278 g/mol. The van der Waals surface area contributed by atoms with Gasteiger partial charge in [-0.2, -0.15) is 0 Å². The second-order valence-electron chi connectivity index (χ2n) is 5.15. The molecule has 6 heteroatoms. The van der Waals surface area contributed by atoms with Crippen molar-refractivity contribution in [2.24, 2.45) is 0 Å². The van der Waals surface area contributed by atoms with Crippen LogP contribution in [0, 0.1) is 6.92 Å². The largest absolute Gasteiger partial charge is 0.478 e. The maximum Gasteiger partial charge on any atom is 0.335 e. The number of likely N-dealkylation sites (tertiary alicyclic amines) is 1. The van der Waals surface area contributed by atoms with E-state index in [-0.39, 0.29) is 16.2 Å². The van der Waals surface area contributed by atoms with Crippen LogP contribution in [0.2, 0.25) is 0 Å². The van der Waals surface area contributed by atoms with E-state index in [2.05, 4.69) is 4.90 Å². The van der Waals surface area contributed by atoms with Gasteiger partial charge in [0.1, 0.15) is 0 Å². The third kappa shape index (κ3) is 3.37. The number of carbonyl (C=O) groups is 1. The molecule has 0 radical (unpaired) electrons. The minimum atomic E-state index is -3.44. The Balaban J connectivity index is 2.19. The van der Waals surface area contributed by atoms with Crippen molar-refractivity contribution in [2.45, 2.75) is 24.7 Å². The number of nitrogens with zero attached hydrogens (tertiary/aromatic N) is 1. The van der Waals surface area contributed by atoms with E-state index >= 15 is 0 Å². The summed E-state index contributed by atoms with van der Waals surface area (Å²) in [6.45, 7) is 4.10. The number of rotatable bonds is 5. The molecule has 0 aliphatic carbocycles. The second kappa shape index (κ2) is 5.93. The normalized spacial score (nSPS) is 16.4. The first kappa shape index (κ1) is 15.0. The van der Waals surface area contributed by atoms with E-state index in [1.807, 2.05) is 0 Å². The monoisotopic (exact) mass is 297 g/mol. The second-order valence-corrected chi connectivity index (χ2v) is 7.23. The van der Waals surface area contributed by atoms with E-state index in [0.29, 0.717) is 12.1 Å². The van der Waals surface area contributed by atoms with Gasteiger partial charge in [0.05, 0.1) is 16.2 Å².